The summed E-state index contributed by atoms with van der Waals surface area (Å²) in [5.41, 5.74) is 0. The largest absolute Gasteiger partial charge is 0.461 e. The Morgan fingerprint density at radius 3 is 1.81 bits per heavy atom. The molecule has 0 atom stereocenters. The molecule has 16 heavy (non-hydrogen) atoms. The molecular formula is C7H22NO6P2+3. The van der Waals surface area contributed by atoms with E-state index in [0.29, 0.717) is 6.54 Å². The standard InChI is InChI=1S/C7H21NO6P2/c1-2-3-4-5-8-6-7(15(9,10)11)16(12,13)14/h7-14H,2-6H2,1H3/q+2/p+1. The minimum absolute atomic E-state index is 0.127. The molecule has 8 N–H and O–H groups in total. The molecule has 7 nitrogen and oxygen atoms in total. The Balaban J connectivity index is 4.06. The molecule has 0 spiro atoms. The maximum atomic E-state index is 8.97. The lowest BCUT2D eigenvalue weighted by Crippen LogP contribution is -2.86. The lowest BCUT2D eigenvalue weighted by atomic mass is 10.2. The van der Waals surface area contributed by atoms with Gasteiger partial charge < -0.3 is 5.32 Å². The number of hydrogen-bond donors (Lipinski definition) is 7. The van der Waals surface area contributed by atoms with Crippen LogP contribution in [0.3, 0.4) is 0 Å². The number of hydrogen-bond acceptors (Lipinski definition) is 6. The maximum Gasteiger partial charge on any atom is 0.461 e. The molecule has 98 valence electrons. The van der Waals surface area contributed by atoms with Crippen LogP contribution in [0.15, 0.2) is 0 Å². The van der Waals surface area contributed by atoms with Gasteiger partial charge in [0, 0.05) is 0 Å². The quantitative estimate of drug-likeness (QED) is 0.214. The molecule has 0 saturated heterocycles. The molecule has 0 bridgehead atoms. The van der Waals surface area contributed by atoms with Crippen molar-refractivity contribution in [1.29, 1.82) is 0 Å². The van der Waals surface area contributed by atoms with E-state index in [1.807, 2.05) is 6.92 Å². The third-order valence-corrected chi connectivity index (χ3v) is 6.07. The van der Waals surface area contributed by atoms with Gasteiger partial charge in [0.2, 0.25) is 0 Å². The summed E-state index contributed by atoms with van der Waals surface area (Å²) in [7, 11) is -8.87. The minimum Gasteiger partial charge on any atom is -0.339 e. The highest BCUT2D eigenvalue weighted by Gasteiger charge is 2.65. The number of quaternary nitrogens is 1. The van der Waals surface area contributed by atoms with E-state index in [4.69, 9.17) is 29.4 Å². The lowest BCUT2D eigenvalue weighted by Gasteiger charge is -2.15. The summed E-state index contributed by atoms with van der Waals surface area (Å²) in [5.74, 6) is 0. The van der Waals surface area contributed by atoms with Crippen molar-refractivity contribution >= 4 is 15.9 Å². The van der Waals surface area contributed by atoms with Crippen LogP contribution in [-0.4, -0.2) is 47.9 Å². The summed E-state index contributed by atoms with van der Waals surface area (Å²) in [6.07, 6.45) is 2.98. The van der Waals surface area contributed by atoms with Gasteiger partial charge in [-0.2, -0.15) is 29.4 Å². The summed E-state index contributed by atoms with van der Waals surface area (Å²) in [6.45, 7) is 2.59. The zero-order chi connectivity index (χ0) is 12.8. The van der Waals surface area contributed by atoms with Crippen molar-refractivity contribution in [2.45, 2.75) is 31.6 Å². The molecule has 0 aromatic carbocycles. The second-order valence-electron chi connectivity index (χ2n) is 3.73. The predicted molar refractivity (Wildman–Crippen MR) is 62.1 cm³/mol. The zero-order valence-electron chi connectivity index (χ0n) is 9.27. The minimum atomic E-state index is -4.43. The van der Waals surface area contributed by atoms with Crippen LogP contribution in [0.4, 0.5) is 0 Å². The number of rotatable bonds is 8. The van der Waals surface area contributed by atoms with Gasteiger partial charge >= 0.3 is 21.3 Å². The van der Waals surface area contributed by atoms with Crippen molar-refractivity contribution in [3.8, 4) is 0 Å². The SMILES string of the molecule is CCCCC[NH2+]CC([P+](O)(O)O)[P+](O)(O)O. The Hall–Kier alpha value is 0.580. The molecule has 0 aliphatic rings. The van der Waals surface area contributed by atoms with Crippen molar-refractivity contribution in [3.05, 3.63) is 0 Å². The molecule has 0 fully saturated rings. The Labute approximate surface area is 95.9 Å². The van der Waals surface area contributed by atoms with Crippen molar-refractivity contribution in [1.82, 2.24) is 0 Å². The van der Waals surface area contributed by atoms with Crippen LogP contribution >= 0.6 is 15.9 Å². The normalized spacial score (nSPS) is 13.5. The second-order valence-corrected chi connectivity index (χ2v) is 7.84. The molecule has 0 aromatic rings. The van der Waals surface area contributed by atoms with Gasteiger partial charge in [0.25, 0.3) is 0 Å². The van der Waals surface area contributed by atoms with E-state index in [1.165, 1.54) is 0 Å². The highest BCUT2D eigenvalue weighted by Crippen LogP contribution is 2.68. The summed E-state index contributed by atoms with van der Waals surface area (Å²) < 4.78 is 0. The van der Waals surface area contributed by atoms with Crippen molar-refractivity contribution in [3.63, 3.8) is 0 Å². The van der Waals surface area contributed by atoms with Gasteiger partial charge in [-0.1, -0.05) is 13.3 Å². The Bertz CT molecular complexity index is 178. The van der Waals surface area contributed by atoms with Crippen LogP contribution in [0.2, 0.25) is 0 Å². The van der Waals surface area contributed by atoms with E-state index >= 15 is 0 Å². The first kappa shape index (κ1) is 16.6. The fraction of sp³-hybridized carbons (Fsp3) is 1.00. The van der Waals surface area contributed by atoms with Crippen LogP contribution in [-0.2, 0) is 0 Å². The van der Waals surface area contributed by atoms with Crippen LogP contribution in [0.25, 0.3) is 0 Å². The molecule has 9 heteroatoms. The number of nitrogens with two attached hydrogens (primary N) is 1. The van der Waals surface area contributed by atoms with Crippen LogP contribution in [0.5, 0.6) is 0 Å². The average molecular weight is 278 g/mol. The fourth-order valence-electron chi connectivity index (χ4n) is 1.30. The van der Waals surface area contributed by atoms with Gasteiger partial charge in [-0.25, -0.2) is 0 Å². The van der Waals surface area contributed by atoms with Gasteiger partial charge in [0.1, 0.15) is 0 Å². The molecular weight excluding hydrogens is 256 g/mol. The maximum absolute atomic E-state index is 8.97. The van der Waals surface area contributed by atoms with E-state index in [1.54, 1.807) is 5.32 Å². The van der Waals surface area contributed by atoms with Gasteiger partial charge in [-0.3, -0.25) is 0 Å². The average Bonchev–Trinajstić information content (AvgIpc) is 2.06. The van der Waals surface area contributed by atoms with Gasteiger partial charge in [-0.05, 0) is 12.8 Å². The topological polar surface area (TPSA) is 138 Å². The molecule has 0 amide bonds. The molecule has 0 saturated carbocycles. The highest BCUT2D eigenvalue weighted by molar-refractivity contribution is 7.77. The fourth-order valence-corrected chi connectivity index (χ4v) is 3.82. The summed E-state index contributed by atoms with van der Waals surface area (Å²) >= 11 is 0. The molecule has 0 unspecified atom stereocenters. The Morgan fingerprint density at radius 2 is 1.44 bits per heavy atom. The number of unbranched alkanes of at least 4 members (excludes halogenated alkanes) is 2. The van der Waals surface area contributed by atoms with Crippen LogP contribution in [0.1, 0.15) is 26.2 Å². The molecule has 0 heterocycles. The highest BCUT2D eigenvalue weighted by atomic mass is 31.3. The van der Waals surface area contributed by atoms with E-state index in [-0.39, 0.29) is 6.54 Å². The third kappa shape index (κ3) is 7.01. The second kappa shape index (κ2) is 7.11. The molecule has 0 aromatic heterocycles. The van der Waals surface area contributed by atoms with Gasteiger partial charge in [0.15, 0.2) is 6.54 Å². The molecule has 0 aliphatic heterocycles. The summed E-state index contributed by atoms with van der Waals surface area (Å²) in [6, 6.07) is 0. The van der Waals surface area contributed by atoms with Crippen molar-refractivity contribution in [2.24, 2.45) is 0 Å². The zero-order valence-corrected chi connectivity index (χ0v) is 11.1. The van der Waals surface area contributed by atoms with Gasteiger partial charge in [0.05, 0.1) is 6.54 Å². The van der Waals surface area contributed by atoms with E-state index in [0.717, 1.165) is 19.3 Å². The van der Waals surface area contributed by atoms with Crippen LogP contribution in [0, 0.1) is 0 Å². The first-order valence-electron chi connectivity index (χ1n) is 5.15. The first-order chi connectivity index (χ1) is 7.19. The lowest BCUT2D eigenvalue weighted by molar-refractivity contribution is -0.653. The third-order valence-electron chi connectivity index (χ3n) is 2.19. The van der Waals surface area contributed by atoms with E-state index in [2.05, 4.69) is 0 Å². The molecule has 0 aliphatic carbocycles. The first-order valence-corrected chi connectivity index (χ1v) is 8.58. The Kier molecular flexibility index (Phi) is 7.37. The molecule has 0 rings (SSSR count). The predicted octanol–water partition coefficient (Wildman–Crippen LogP) is -1.45. The monoisotopic (exact) mass is 278 g/mol. The van der Waals surface area contributed by atoms with Crippen molar-refractivity contribution in [2.75, 3.05) is 13.1 Å². The summed E-state index contributed by atoms with van der Waals surface area (Å²) in [5, 5.41) is -0.0450. The van der Waals surface area contributed by atoms with E-state index < -0.39 is 21.3 Å². The van der Waals surface area contributed by atoms with E-state index in [9.17, 15) is 0 Å². The van der Waals surface area contributed by atoms with Crippen LogP contribution < -0.4 is 5.32 Å². The van der Waals surface area contributed by atoms with Crippen molar-refractivity contribution < 1.29 is 34.7 Å². The van der Waals surface area contributed by atoms with Gasteiger partial charge in [-0.15, -0.1) is 0 Å². The molecule has 0 radical (unpaired) electrons. The Morgan fingerprint density at radius 1 is 0.938 bits per heavy atom. The smallest absolute Gasteiger partial charge is 0.339 e. The summed E-state index contributed by atoms with van der Waals surface area (Å²) in [4.78, 5) is 53.8.